The molecule has 2 amide bonds. The first-order valence-corrected chi connectivity index (χ1v) is 11.6. The maximum absolute atomic E-state index is 12.5. The maximum Gasteiger partial charge on any atom is 0.270 e. The van der Waals surface area contributed by atoms with Crippen molar-refractivity contribution in [3.05, 3.63) is 126 Å². The summed E-state index contributed by atoms with van der Waals surface area (Å²) in [7, 11) is 0. The fraction of sp³-hybridized carbons (Fsp3) is 0.138. The van der Waals surface area contributed by atoms with E-state index in [-0.39, 0.29) is 12.1 Å². The lowest BCUT2D eigenvalue weighted by Gasteiger charge is -2.18. The van der Waals surface area contributed by atoms with E-state index in [1.165, 1.54) is 6.20 Å². The van der Waals surface area contributed by atoms with E-state index in [4.69, 9.17) is 15.2 Å². The van der Waals surface area contributed by atoms with Crippen LogP contribution in [0.2, 0.25) is 0 Å². The van der Waals surface area contributed by atoms with E-state index < -0.39 is 17.9 Å². The van der Waals surface area contributed by atoms with Gasteiger partial charge in [-0.3, -0.25) is 14.6 Å². The van der Waals surface area contributed by atoms with Gasteiger partial charge in [0.1, 0.15) is 24.9 Å². The predicted octanol–water partition coefficient (Wildman–Crippen LogP) is 4.07. The van der Waals surface area contributed by atoms with Gasteiger partial charge in [0.25, 0.3) is 5.91 Å². The Balaban J connectivity index is 1.51. The molecule has 1 atom stereocenters. The molecule has 36 heavy (non-hydrogen) atoms. The summed E-state index contributed by atoms with van der Waals surface area (Å²) >= 11 is 0. The minimum absolute atomic E-state index is 0.189. The highest BCUT2D eigenvalue weighted by Crippen LogP contribution is 2.30. The summed E-state index contributed by atoms with van der Waals surface area (Å²) in [5.41, 5.74) is 8.60. The Labute approximate surface area is 209 Å². The van der Waals surface area contributed by atoms with Crippen LogP contribution in [0.5, 0.6) is 11.5 Å². The molecule has 0 unspecified atom stereocenters. The average molecular weight is 482 g/mol. The van der Waals surface area contributed by atoms with E-state index in [1.54, 1.807) is 24.3 Å². The molecular formula is C29H27N3O4. The van der Waals surface area contributed by atoms with Gasteiger partial charge >= 0.3 is 0 Å². The Morgan fingerprint density at radius 2 is 1.36 bits per heavy atom. The molecule has 0 saturated heterocycles. The third kappa shape index (κ3) is 6.93. The number of nitrogens with two attached hydrogens (primary N) is 1. The Hall–Kier alpha value is -4.65. The molecule has 7 nitrogen and oxygen atoms in total. The molecule has 1 aromatic heterocycles. The summed E-state index contributed by atoms with van der Waals surface area (Å²) in [5.74, 6) is -0.00329. The summed E-state index contributed by atoms with van der Waals surface area (Å²) < 4.78 is 12.2. The summed E-state index contributed by atoms with van der Waals surface area (Å²) in [6, 6.07) is 29.1. The van der Waals surface area contributed by atoms with E-state index in [2.05, 4.69) is 10.3 Å². The van der Waals surface area contributed by atoms with Gasteiger partial charge in [-0.1, -0.05) is 72.8 Å². The minimum Gasteiger partial charge on any atom is -0.485 e. The van der Waals surface area contributed by atoms with Crippen LogP contribution in [0.25, 0.3) is 0 Å². The number of carbonyl (C=O) groups excluding carboxylic acids is 2. The van der Waals surface area contributed by atoms with Crippen molar-refractivity contribution in [1.82, 2.24) is 10.3 Å². The molecule has 7 heteroatoms. The van der Waals surface area contributed by atoms with E-state index in [9.17, 15) is 9.59 Å². The van der Waals surface area contributed by atoms with Crippen LogP contribution in [0.1, 0.15) is 27.2 Å². The fourth-order valence-electron chi connectivity index (χ4n) is 3.57. The van der Waals surface area contributed by atoms with Crippen LogP contribution in [0, 0.1) is 0 Å². The number of benzene rings is 3. The second kappa shape index (κ2) is 12.2. The maximum atomic E-state index is 12.5. The first kappa shape index (κ1) is 24.5. The Morgan fingerprint density at radius 3 is 1.94 bits per heavy atom. The highest BCUT2D eigenvalue weighted by atomic mass is 16.5. The predicted molar refractivity (Wildman–Crippen MR) is 136 cm³/mol. The number of nitrogens with one attached hydrogen (secondary N) is 1. The van der Waals surface area contributed by atoms with Gasteiger partial charge in [0.15, 0.2) is 11.5 Å². The quantitative estimate of drug-likeness (QED) is 0.336. The van der Waals surface area contributed by atoms with Gasteiger partial charge in [-0.25, -0.2) is 0 Å². The molecule has 0 radical (unpaired) electrons. The van der Waals surface area contributed by atoms with Crippen molar-refractivity contribution in [2.75, 3.05) is 0 Å². The van der Waals surface area contributed by atoms with Crippen LogP contribution >= 0.6 is 0 Å². The average Bonchev–Trinajstić information content (AvgIpc) is 2.92. The van der Waals surface area contributed by atoms with Gasteiger partial charge in [-0.2, -0.15) is 0 Å². The van der Waals surface area contributed by atoms with E-state index in [1.807, 2.05) is 72.8 Å². The number of amides is 2. The number of hydrogen-bond donors (Lipinski definition) is 2. The van der Waals surface area contributed by atoms with Gasteiger partial charge in [0.2, 0.25) is 5.91 Å². The molecule has 0 aliphatic rings. The summed E-state index contributed by atoms with van der Waals surface area (Å²) in [4.78, 5) is 28.7. The SMILES string of the molecule is NC(=O)[C@H](Cc1ccc(OCc2ccccc2)c(OCc2ccccc2)c1)NC(=O)c1ccccn1. The molecule has 0 saturated carbocycles. The first-order chi connectivity index (χ1) is 17.6. The van der Waals surface area contributed by atoms with Crippen LogP contribution < -0.4 is 20.5 Å². The van der Waals surface area contributed by atoms with Gasteiger partial charge in [0.05, 0.1) is 0 Å². The number of hydrogen-bond acceptors (Lipinski definition) is 5. The highest BCUT2D eigenvalue weighted by Gasteiger charge is 2.21. The van der Waals surface area contributed by atoms with Crippen molar-refractivity contribution in [2.45, 2.75) is 25.7 Å². The molecule has 0 aliphatic carbocycles. The number of nitrogens with zero attached hydrogens (tertiary/aromatic N) is 1. The lowest BCUT2D eigenvalue weighted by Crippen LogP contribution is -2.46. The zero-order valence-corrected chi connectivity index (χ0v) is 19.7. The normalized spacial score (nSPS) is 11.3. The lowest BCUT2D eigenvalue weighted by molar-refractivity contribution is -0.119. The van der Waals surface area contributed by atoms with Gasteiger partial charge in [-0.15, -0.1) is 0 Å². The summed E-state index contributed by atoms with van der Waals surface area (Å²) in [6.45, 7) is 0.730. The Bertz CT molecular complexity index is 1280. The van der Waals surface area contributed by atoms with Gasteiger partial charge in [-0.05, 0) is 41.0 Å². The standard InChI is InChI=1S/C29H27N3O4/c30-28(33)25(32-29(34)24-13-7-8-16-31-24)17-23-14-15-26(35-19-21-9-3-1-4-10-21)27(18-23)36-20-22-11-5-2-6-12-22/h1-16,18,25H,17,19-20H2,(H2,30,33)(H,32,34)/t25-/m0/s1. The Morgan fingerprint density at radius 1 is 0.750 bits per heavy atom. The van der Waals surface area contributed by atoms with Crippen LogP contribution in [0.4, 0.5) is 0 Å². The Kier molecular flexibility index (Phi) is 8.27. The molecule has 182 valence electrons. The molecule has 3 aromatic carbocycles. The van der Waals surface area contributed by atoms with Gasteiger partial charge in [0, 0.05) is 12.6 Å². The zero-order chi connectivity index (χ0) is 25.2. The smallest absolute Gasteiger partial charge is 0.270 e. The number of primary amides is 1. The number of ether oxygens (including phenoxy) is 2. The molecule has 0 fully saturated rings. The van der Waals surface area contributed by atoms with E-state index >= 15 is 0 Å². The number of aromatic nitrogens is 1. The van der Waals surface area contributed by atoms with Crippen LogP contribution in [-0.4, -0.2) is 22.8 Å². The van der Waals surface area contributed by atoms with Crippen molar-refractivity contribution in [3.63, 3.8) is 0 Å². The van der Waals surface area contributed by atoms with Crippen molar-refractivity contribution in [3.8, 4) is 11.5 Å². The highest BCUT2D eigenvalue weighted by molar-refractivity contribution is 5.95. The minimum atomic E-state index is -0.919. The monoisotopic (exact) mass is 481 g/mol. The van der Waals surface area contributed by atoms with Crippen LogP contribution in [0.3, 0.4) is 0 Å². The molecule has 0 spiro atoms. The second-order valence-electron chi connectivity index (χ2n) is 8.18. The van der Waals surface area contributed by atoms with Crippen molar-refractivity contribution in [2.24, 2.45) is 5.73 Å². The van der Waals surface area contributed by atoms with Crippen molar-refractivity contribution in [1.29, 1.82) is 0 Å². The largest absolute Gasteiger partial charge is 0.485 e. The number of rotatable bonds is 11. The molecule has 4 rings (SSSR count). The fourth-order valence-corrected chi connectivity index (χ4v) is 3.57. The summed E-state index contributed by atoms with van der Waals surface area (Å²) in [5, 5.41) is 2.67. The molecule has 0 aliphatic heterocycles. The second-order valence-corrected chi connectivity index (χ2v) is 8.18. The van der Waals surface area contributed by atoms with E-state index in [0.717, 1.165) is 16.7 Å². The molecular weight excluding hydrogens is 454 g/mol. The van der Waals surface area contributed by atoms with Crippen molar-refractivity contribution >= 4 is 11.8 Å². The molecule has 0 bridgehead atoms. The first-order valence-electron chi connectivity index (χ1n) is 11.6. The molecule has 4 aromatic rings. The number of carbonyl (C=O) groups is 2. The van der Waals surface area contributed by atoms with E-state index in [0.29, 0.717) is 24.7 Å². The molecule has 3 N–H and O–H groups in total. The lowest BCUT2D eigenvalue weighted by atomic mass is 10.0. The van der Waals surface area contributed by atoms with Crippen LogP contribution in [0.15, 0.2) is 103 Å². The third-order valence-corrected chi connectivity index (χ3v) is 5.47. The van der Waals surface area contributed by atoms with Gasteiger partial charge < -0.3 is 20.5 Å². The third-order valence-electron chi connectivity index (χ3n) is 5.47. The topological polar surface area (TPSA) is 104 Å². The molecule has 1 heterocycles. The summed E-state index contributed by atoms with van der Waals surface area (Å²) in [6.07, 6.45) is 1.70. The van der Waals surface area contributed by atoms with Crippen LogP contribution in [-0.2, 0) is 24.4 Å². The number of pyridine rings is 1. The zero-order valence-electron chi connectivity index (χ0n) is 19.7. The van der Waals surface area contributed by atoms with Crippen molar-refractivity contribution < 1.29 is 19.1 Å².